The van der Waals surface area contributed by atoms with Crippen LogP contribution in [0.1, 0.15) is 104 Å². The van der Waals surface area contributed by atoms with Gasteiger partial charge in [0, 0.05) is 6.42 Å². The number of nitrogens with zero attached hydrogens (tertiary/aromatic N) is 1. The van der Waals surface area contributed by atoms with Crippen LogP contribution < -0.4 is 5.32 Å². The Kier molecular flexibility index (Phi) is 30.7. The maximum absolute atomic E-state index is 12.7. The molecule has 0 aromatic carbocycles. The second-order valence-corrected chi connectivity index (χ2v) is 14.7. The van der Waals surface area contributed by atoms with Crippen LogP contribution in [-0.2, 0) is 18.4 Å². The van der Waals surface area contributed by atoms with Crippen molar-refractivity contribution >= 4 is 13.7 Å². The number of allylic oxidation sites excluding steroid dienone is 14. The first-order valence-electron chi connectivity index (χ1n) is 18.6. The molecular weight excluding hydrogens is 647 g/mol. The Balaban J connectivity index is 4.82. The summed E-state index contributed by atoms with van der Waals surface area (Å²) in [6, 6.07) is -0.927. The summed E-state index contributed by atoms with van der Waals surface area (Å²) in [6.45, 7) is 4.51. The van der Waals surface area contributed by atoms with Crippen molar-refractivity contribution in [2.45, 2.75) is 116 Å². The fraction of sp³-hybridized carbons (Fsp3) is 0.585. The molecular formula is C41H70N2O6P+. The van der Waals surface area contributed by atoms with Gasteiger partial charge in [0.2, 0.25) is 5.91 Å². The molecule has 0 saturated heterocycles. The minimum Gasteiger partial charge on any atom is -0.387 e. The molecule has 3 N–H and O–H groups in total. The highest BCUT2D eigenvalue weighted by atomic mass is 31.2. The van der Waals surface area contributed by atoms with Gasteiger partial charge < -0.3 is 19.8 Å². The van der Waals surface area contributed by atoms with Crippen LogP contribution in [0.25, 0.3) is 0 Å². The highest BCUT2D eigenvalue weighted by Gasteiger charge is 2.27. The van der Waals surface area contributed by atoms with E-state index < -0.39 is 20.0 Å². The van der Waals surface area contributed by atoms with Crippen LogP contribution in [-0.4, -0.2) is 73.4 Å². The first kappa shape index (κ1) is 47.4. The van der Waals surface area contributed by atoms with Gasteiger partial charge in [0.1, 0.15) is 13.2 Å². The van der Waals surface area contributed by atoms with Crippen LogP contribution in [0.4, 0.5) is 0 Å². The van der Waals surface area contributed by atoms with E-state index in [1.54, 1.807) is 12.2 Å². The summed E-state index contributed by atoms with van der Waals surface area (Å²) in [5, 5.41) is 13.6. The van der Waals surface area contributed by atoms with Gasteiger partial charge in [0.05, 0.1) is 39.9 Å². The Morgan fingerprint density at radius 3 is 1.72 bits per heavy atom. The summed E-state index contributed by atoms with van der Waals surface area (Å²) in [5.74, 6) is -0.325. The predicted molar refractivity (Wildman–Crippen MR) is 212 cm³/mol. The van der Waals surface area contributed by atoms with Gasteiger partial charge in [0.25, 0.3) is 0 Å². The third kappa shape index (κ3) is 33.9. The van der Waals surface area contributed by atoms with Crippen molar-refractivity contribution in [2.75, 3.05) is 40.9 Å². The van der Waals surface area contributed by atoms with Gasteiger partial charge in [-0.15, -0.1) is 0 Å². The van der Waals surface area contributed by atoms with Crippen LogP contribution in [0.2, 0.25) is 0 Å². The molecule has 0 aliphatic rings. The summed E-state index contributed by atoms with van der Waals surface area (Å²) < 4.78 is 23.3. The van der Waals surface area contributed by atoms with E-state index in [2.05, 4.69) is 92.1 Å². The fourth-order valence-corrected chi connectivity index (χ4v) is 5.05. The molecule has 0 rings (SSSR count). The van der Waals surface area contributed by atoms with E-state index in [-0.39, 0.29) is 25.5 Å². The van der Waals surface area contributed by atoms with Gasteiger partial charge in [-0.05, 0) is 70.6 Å². The van der Waals surface area contributed by atoms with Crippen LogP contribution in [0.3, 0.4) is 0 Å². The van der Waals surface area contributed by atoms with E-state index in [9.17, 15) is 19.4 Å². The molecule has 0 heterocycles. The Morgan fingerprint density at radius 1 is 0.700 bits per heavy atom. The molecule has 284 valence electrons. The number of unbranched alkanes of at least 4 members (excludes halogenated alkanes) is 5. The molecule has 0 aliphatic heterocycles. The topological polar surface area (TPSA) is 105 Å². The summed E-state index contributed by atoms with van der Waals surface area (Å²) in [4.78, 5) is 22.9. The molecule has 0 bridgehead atoms. The first-order chi connectivity index (χ1) is 24.0. The number of rotatable bonds is 31. The van der Waals surface area contributed by atoms with Crippen LogP contribution in [0.5, 0.6) is 0 Å². The Labute approximate surface area is 305 Å². The SMILES string of the molecule is CC/C=C\C/C=C\C/C=C\C/C=C\C/C=C\CC(=O)NC(COP(=O)(O)OCC[N+](C)(C)C)C(O)/C=C/CC/C=C/CC/C=C/CCCCC. The smallest absolute Gasteiger partial charge is 0.387 e. The lowest BCUT2D eigenvalue weighted by Crippen LogP contribution is -2.45. The lowest BCUT2D eigenvalue weighted by Gasteiger charge is -2.25. The number of amides is 1. The summed E-state index contributed by atoms with van der Waals surface area (Å²) in [6.07, 6.45) is 45.1. The molecule has 3 atom stereocenters. The Bertz CT molecular complexity index is 1130. The lowest BCUT2D eigenvalue weighted by molar-refractivity contribution is -0.870. The summed E-state index contributed by atoms with van der Waals surface area (Å²) >= 11 is 0. The van der Waals surface area contributed by atoms with Crippen molar-refractivity contribution in [2.24, 2.45) is 0 Å². The number of phosphoric ester groups is 1. The van der Waals surface area contributed by atoms with Gasteiger partial charge in [0.15, 0.2) is 0 Å². The number of quaternary nitrogens is 1. The number of carbonyl (C=O) groups is 1. The molecule has 0 saturated carbocycles. The van der Waals surface area contributed by atoms with Crippen LogP contribution >= 0.6 is 7.82 Å². The van der Waals surface area contributed by atoms with E-state index in [1.165, 1.54) is 19.3 Å². The van der Waals surface area contributed by atoms with Crippen molar-refractivity contribution < 1.29 is 32.9 Å². The number of hydrogen-bond acceptors (Lipinski definition) is 5. The maximum atomic E-state index is 12.7. The molecule has 0 radical (unpaired) electrons. The highest BCUT2D eigenvalue weighted by Crippen LogP contribution is 2.43. The summed E-state index contributed by atoms with van der Waals surface area (Å²) in [7, 11) is 1.47. The largest absolute Gasteiger partial charge is 0.472 e. The van der Waals surface area contributed by atoms with Crippen molar-refractivity contribution in [1.82, 2.24) is 5.32 Å². The standard InChI is InChI=1S/C41H69N2O6P/c1-6-8-10-12-14-16-18-20-21-23-25-27-29-31-33-35-41(45)42-39(38-49-50(46,47)48-37-36-43(3,4)5)40(44)34-32-30-28-26-24-22-19-17-15-13-11-9-7-2/h8,10,14-17,20-21,24-27,31-34,39-40,44H,6-7,9,11-13,18-19,22-23,28-30,35-38H2,1-5H3,(H-,42,45,46,47)/p+1/b10-8-,16-14-,17-15+,21-20-,26-24+,27-25-,33-31-,34-32+. The number of aliphatic hydroxyl groups is 1. The van der Waals surface area contributed by atoms with E-state index in [0.29, 0.717) is 23.9 Å². The van der Waals surface area contributed by atoms with E-state index in [4.69, 9.17) is 9.05 Å². The minimum atomic E-state index is -4.37. The van der Waals surface area contributed by atoms with Crippen LogP contribution in [0.15, 0.2) is 97.2 Å². The van der Waals surface area contributed by atoms with Gasteiger partial charge in [-0.25, -0.2) is 4.57 Å². The number of nitrogens with one attached hydrogen (secondary N) is 1. The molecule has 8 nitrogen and oxygen atoms in total. The monoisotopic (exact) mass is 717 g/mol. The van der Waals surface area contributed by atoms with Gasteiger partial charge in [-0.1, -0.05) is 124 Å². The molecule has 0 fully saturated rings. The third-order valence-corrected chi connectivity index (χ3v) is 8.28. The van der Waals surface area contributed by atoms with Gasteiger partial charge in [-0.2, -0.15) is 0 Å². The molecule has 9 heteroatoms. The predicted octanol–water partition coefficient (Wildman–Crippen LogP) is 9.62. The zero-order chi connectivity index (χ0) is 37.2. The number of aliphatic hydroxyl groups excluding tert-OH is 1. The lowest BCUT2D eigenvalue weighted by atomic mass is 10.1. The average molecular weight is 718 g/mol. The Hall–Kier alpha value is -2.58. The molecule has 0 aromatic heterocycles. The Morgan fingerprint density at radius 2 is 1.20 bits per heavy atom. The normalized spacial score (nSPS) is 15.7. The average Bonchev–Trinajstić information content (AvgIpc) is 3.06. The summed E-state index contributed by atoms with van der Waals surface area (Å²) in [5.41, 5.74) is 0. The maximum Gasteiger partial charge on any atom is 0.472 e. The van der Waals surface area contributed by atoms with Gasteiger partial charge in [-0.3, -0.25) is 13.8 Å². The van der Waals surface area contributed by atoms with Crippen LogP contribution in [0, 0.1) is 0 Å². The highest BCUT2D eigenvalue weighted by molar-refractivity contribution is 7.47. The third-order valence-electron chi connectivity index (χ3n) is 7.29. The molecule has 0 aromatic rings. The first-order valence-corrected chi connectivity index (χ1v) is 20.1. The van der Waals surface area contributed by atoms with Gasteiger partial charge >= 0.3 is 7.82 Å². The molecule has 3 unspecified atom stereocenters. The van der Waals surface area contributed by atoms with E-state index >= 15 is 0 Å². The van der Waals surface area contributed by atoms with Crippen molar-refractivity contribution in [1.29, 1.82) is 0 Å². The molecule has 1 amide bonds. The number of likely N-dealkylation sites (N-methyl/N-ethyl adjacent to an activating group) is 1. The molecule has 50 heavy (non-hydrogen) atoms. The second-order valence-electron chi connectivity index (χ2n) is 13.2. The van der Waals surface area contributed by atoms with E-state index in [0.717, 1.165) is 51.4 Å². The number of hydrogen-bond donors (Lipinski definition) is 3. The zero-order valence-corrected chi connectivity index (χ0v) is 32.7. The van der Waals surface area contributed by atoms with Crippen molar-refractivity contribution in [3.05, 3.63) is 97.2 Å². The van der Waals surface area contributed by atoms with Crippen molar-refractivity contribution in [3.8, 4) is 0 Å². The zero-order valence-electron chi connectivity index (χ0n) is 31.8. The molecule has 0 aliphatic carbocycles. The van der Waals surface area contributed by atoms with E-state index in [1.807, 2.05) is 33.3 Å². The van der Waals surface area contributed by atoms with Crippen molar-refractivity contribution in [3.63, 3.8) is 0 Å². The number of carbonyl (C=O) groups excluding carboxylic acids is 1. The molecule has 0 spiro atoms. The quantitative estimate of drug-likeness (QED) is 0.0286. The minimum absolute atomic E-state index is 0.0313. The number of phosphoric acid groups is 1. The second kappa shape index (κ2) is 32.3. The fourth-order valence-electron chi connectivity index (χ4n) is 4.31.